The average Bonchev–Trinajstić information content (AvgIpc) is 2.94. The number of hydrogen-bond acceptors (Lipinski definition) is 2. The van der Waals surface area contributed by atoms with Gasteiger partial charge < -0.3 is 10.4 Å². The predicted molar refractivity (Wildman–Crippen MR) is 55.7 cm³/mol. The van der Waals surface area contributed by atoms with Crippen LogP contribution in [0.1, 0.15) is 39.0 Å². The Bertz CT molecular complexity index is 123. The zero-order valence-electron chi connectivity index (χ0n) is 8.76. The Hall–Kier alpha value is -0.0800. The molecular formula is C11H23NO. The highest BCUT2D eigenvalue weighted by molar-refractivity contribution is 4.74. The van der Waals surface area contributed by atoms with Gasteiger partial charge in [0.25, 0.3) is 0 Å². The Morgan fingerprint density at radius 1 is 1.46 bits per heavy atom. The first-order valence-electron chi connectivity index (χ1n) is 5.68. The first kappa shape index (κ1) is 11.0. The van der Waals surface area contributed by atoms with E-state index in [-0.39, 0.29) is 0 Å². The van der Waals surface area contributed by atoms with Crippen molar-refractivity contribution in [3.05, 3.63) is 0 Å². The second-order valence-electron chi connectivity index (χ2n) is 4.22. The van der Waals surface area contributed by atoms with Crippen molar-refractivity contribution in [1.82, 2.24) is 5.32 Å². The van der Waals surface area contributed by atoms with Gasteiger partial charge in [-0.05, 0) is 37.8 Å². The van der Waals surface area contributed by atoms with Crippen molar-refractivity contribution >= 4 is 0 Å². The molecule has 0 amide bonds. The van der Waals surface area contributed by atoms with Gasteiger partial charge in [0.05, 0.1) is 0 Å². The van der Waals surface area contributed by atoms with E-state index in [1.807, 2.05) is 0 Å². The maximum atomic E-state index is 8.79. The normalized spacial score (nSPS) is 18.9. The molecule has 0 bridgehead atoms. The molecule has 1 atom stereocenters. The smallest absolute Gasteiger partial charge is 0.0434 e. The van der Waals surface area contributed by atoms with Crippen LogP contribution in [0.15, 0.2) is 0 Å². The molecule has 0 aromatic heterocycles. The van der Waals surface area contributed by atoms with Gasteiger partial charge in [-0.2, -0.15) is 0 Å². The Labute approximate surface area is 81.7 Å². The molecule has 0 aliphatic heterocycles. The van der Waals surface area contributed by atoms with Crippen molar-refractivity contribution in [2.45, 2.75) is 39.0 Å². The number of aliphatic hydroxyl groups is 1. The molecular weight excluding hydrogens is 162 g/mol. The first-order valence-corrected chi connectivity index (χ1v) is 5.68. The van der Waals surface area contributed by atoms with Crippen LogP contribution in [0.4, 0.5) is 0 Å². The van der Waals surface area contributed by atoms with Crippen molar-refractivity contribution < 1.29 is 5.11 Å². The molecule has 2 N–H and O–H groups in total. The van der Waals surface area contributed by atoms with Crippen LogP contribution in [-0.4, -0.2) is 24.8 Å². The minimum absolute atomic E-state index is 0.336. The van der Waals surface area contributed by atoms with E-state index in [2.05, 4.69) is 12.2 Å². The summed E-state index contributed by atoms with van der Waals surface area (Å²) >= 11 is 0. The summed E-state index contributed by atoms with van der Waals surface area (Å²) in [6.07, 6.45) is 6.39. The van der Waals surface area contributed by atoms with Gasteiger partial charge in [0.2, 0.25) is 0 Å². The van der Waals surface area contributed by atoms with Crippen molar-refractivity contribution in [2.75, 3.05) is 19.7 Å². The molecule has 78 valence electrons. The SMILES string of the molecule is CCC(CCO)CNCCC1CC1. The lowest BCUT2D eigenvalue weighted by Crippen LogP contribution is -2.24. The van der Waals surface area contributed by atoms with Gasteiger partial charge in [0, 0.05) is 6.61 Å². The highest BCUT2D eigenvalue weighted by atomic mass is 16.3. The lowest BCUT2D eigenvalue weighted by atomic mass is 10.0. The molecule has 0 aromatic carbocycles. The van der Waals surface area contributed by atoms with Gasteiger partial charge in [-0.1, -0.05) is 26.2 Å². The van der Waals surface area contributed by atoms with E-state index >= 15 is 0 Å². The maximum Gasteiger partial charge on any atom is 0.0434 e. The molecule has 1 rings (SSSR count). The monoisotopic (exact) mass is 185 g/mol. The summed E-state index contributed by atoms with van der Waals surface area (Å²) in [7, 11) is 0. The fourth-order valence-corrected chi connectivity index (χ4v) is 1.65. The first-order chi connectivity index (χ1) is 6.36. The minimum Gasteiger partial charge on any atom is -0.396 e. The fourth-order valence-electron chi connectivity index (χ4n) is 1.65. The molecule has 2 nitrogen and oxygen atoms in total. The zero-order valence-corrected chi connectivity index (χ0v) is 8.76. The highest BCUT2D eigenvalue weighted by Crippen LogP contribution is 2.31. The molecule has 1 aliphatic carbocycles. The van der Waals surface area contributed by atoms with Crippen LogP contribution < -0.4 is 5.32 Å². The second kappa shape index (κ2) is 6.39. The third-order valence-corrected chi connectivity index (χ3v) is 2.97. The quantitative estimate of drug-likeness (QED) is 0.565. The number of aliphatic hydroxyl groups excluding tert-OH is 1. The summed E-state index contributed by atoms with van der Waals surface area (Å²) in [4.78, 5) is 0. The van der Waals surface area contributed by atoms with Crippen LogP contribution in [0.5, 0.6) is 0 Å². The Morgan fingerprint density at radius 2 is 2.23 bits per heavy atom. The third kappa shape index (κ3) is 5.27. The van der Waals surface area contributed by atoms with E-state index in [1.165, 1.54) is 32.2 Å². The van der Waals surface area contributed by atoms with Gasteiger partial charge in [-0.3, -0.25) is 0 Å². The highest BCUT2D eigenvalue weighted by Gasteiger charge is 2.20. The summed E-state index contributed by atoms with van der Waals surface area (Å²) < 4.78 is 0. The summed E-state index contributed by atoms with van der Waals surface area (Å²) in [5.41, 5.74) is 0. The van der Waals surface area contributed by atoms with E-state index in [4.69, 9.17) is 5.11 Å². The van der Waals surface area contributed by atoms with Gasteiger partial charge in [0.15, 0.2) is 0 Å². The van der Waals surface area contributed by atoms with Crippen LogP contribution in [0, 0.1) is 11.8 Å². The standard InChI is InChI=1S/C11H23NO/c1-2-10(6-8-13)9-12-7-5-11-3-4-11/h10-13H,2-9H2,1H3. The van der Waals surface area contributed by atoms with Crippen LogP contribution in [0.25, 0.3) is 0 Å². The lowest BCUT2D eigenvalue weighted by molar-refractivity contribution is 0.251. The molecule has 1 fully saturated rings. The molecule has 0 heterocycles. The summed E-state index contributed by atoms with van der Waals surface area (Å²) in [6, 6.07) is 0. The Balaban J connectivity index is 1.88. The molecule has 0 radical (unpaired) electrons. The molecule has 1 aliphatic rings. The van der Waals surface area contributed by atoms with Crippen molar-refractivity contribution in [3.63, 3.8) is 0 Å². The van der Waals surface area contributed by atoms with E-state index in [0.717, 1.165) is 18.9 Å². The van der Waals surface area contributed by atoms with Gasteiger partial charge in [-0.15, -0.1) is 0 Å². The van der Waals surface area contributed by atoms with Crippen LogP contribution in [-0.2, 0) is 0 Å². The minimum atomic E-state index is 0.336. The molecule has 0 spiro atoms. The average molecular weight is 185 g/mol. The molecule has 0 aromatic rings. The molecule has 0 saturated heterocycles. The fraction of sp³-hybridized carbons (Fsp3) is 1.00. The summed E-state index contributed by atoms with van der Waals surface area (Å²) in [5, 5.41) is 12.3. The number of hydrogen-bond donors (Lipinski definition) is 2. The molecule has 1 unspecified atom stereocenters. The van der Waals surface area contributed by atoms with Gasteiger partial charge >= 0.3 is 0 Å². The van der Waals surface area contributed by atoms with Crippen molar-refractivity contribution in [3.8, 4) is 0 Å². The van der Waals surface area contributed by atoms with E-state index in [9.17, 15) is 0 Å². The van der Waals surface area contributed by atoms with E-state index in [1.54, 1.807) is 0 Å². The molecule has 1 saturated carbocycles. The van der Waals surface area contributed by atoms with Gasteiger partial charge in [0.1, 0.15) is 0 Å². The third-order valence-electron chi connectivity index (χ3n) is 2.97. The largest absolute Gasteiger partial charge is 0.396 e. The summed E-state index contributed by atoms with van der Waals surface area (Å²) in [6.45, 7) is 4.79. The zero-order chi connectivity index (χ0) is 9.52. The topological polar surface area (TPSA) is 32.3 Å². The van der Waals surface area contributed by atoms with Gasteiger partial charge in [-0.25, -0.2) is 0 Å². The van der Waals surface area contributed by atoms with Crippen LogP contribution in [0.3, 0.4) is 0 Å². The lowest BCUT2D eigenvalue weighted by Gasteiger charge is -2.13. The van der Waals surface area contributed by atoms with Crippen LogP contribution in [0.2, 0.25) is 0 Å². The van der Waals surface area contributed by atoms with Crippen molar-refractivity contribution in [1.29, 1.82) is 0 Å². The molecule has 2 heteroatoms. The maximum absolute atomic E-state index is 8.79. The summed E-state index contributed by atoms with van der Waals surface area (Å²) in [5.74, 6) is 1.70. The second-order valence-corrected chi connectivity index (χ2v) is 4.22. The Kier molecular flexibility index (Phi) is 5.40. The van der Waals surface area contributed by atoms with Crippen molar-refractivity contribution in [2.24, 2.45) is 11.8 Å². The van der Waals surface area contributed by atoms with Crippen LogP contribution >= 0.6 is 0 Å². The number of nitrogens with one attached hydrogen (secondary N) is 1. The Morgan fingerprint density at radius 3 is 2.77 bits per heavy atom. The number of rotatable bonds is 8. The van der Waals surface area contributed by atoms with E-state index in [0.29, 0.717) is 12.5 Å². The van der Waals surface area contributed by atoms with E-state index < -0.39 is 0 Å². The molecule has 13 heavy (non-hydrogen) atoms. The predicted octanol–water partition coefficient (Wildman–Crippen LogP) is 1.78.